The van der Waals surface area contributed by atoms with Crippen molar-refractivity contribution in [1.29, 1.82) is 0 Å². The summed E-state index contributed by atoms with van der Waals surface area (Å²) in [6, 6.07) is 0. The molecule has 10 heavy (non-hydrogen) atoms. The molecule has 0 unspecified atom stereocenters. The summed E-state index contributed by atoms with van der Waals surface area (Å²) in [5.41, 5.74) is 6.82. The molecule has 0 amide bonds. The van der Waals surface area contributed by atoms with E-state index in [1.807, 2.05) is 13.0 Å². The molecular formula is C8H12FN. The topological polar surface area (TPSA) is 26.0 Å². The first-order valence-corrected chi connectivity index (χ1v) is 3.50. The van der Waals surface area contributed by atoms with E-state index >= 15 is 0 Å². The molecule has 2 heteroatoms. The molecule has 0 fully saturated rings. The maximum absolute atomic E-state index is 13.0. The van der Waals surface area contributed by atoms with Gasteiger partial charge in [-0.3, -0.25) is 0 Å². The predicted octanol–water partition coefficient (Wildman–Crippen LogP) is 1.91. The van der Waals surface area contributed by atoms with Crippen LogP contribution >= 0.6 is 0 Å². The first-order chi connectivity index (χ1) is 4.75. The van der Waals surface area contributed by atoms with Gasteiger partial charge in [-0.2, -0.15) is 0 Å². The first-order valence-electron chi connectivity index (χ1n) is 3.50. The fourth-order valence-corrected chi connectivity index (χ4v) is 1.11. The van der Waals surface area contributed by atoms with Crippen LogP contribution in [-0.2, 0) is 0 Å². The van der Waals surface area contributed by atoms with Crippen molar-refractivity contribution in [2.75, 3.05) is 6.54 Å². The number of nitrogens with two attached hydrogens (primary N) is 1. The van der Waals surface area contributed by atoms with Gasteiger partial charge in [0.15, 0.2) is 0 Å². The number of hydrogen-bond acceptors (Lipinski definition) is 1. The molecule has 0 radical (unpaired) electrons. The molecule has 1 rings (SSSR count). The molecule has 0 aromatic heterocycles. The lowest BCUT2D eigenvalue weighted by atomic mass is 10.00. The fourth-order valence-electron chi connectivity index (χ4n) is 1.11. The van der Waals surface area contributed by atoms with Crippen molar-refractivity contribution in [1.82, 2.24) is 0 Å². The highest BCUT2D eigenvalue weighted by Gasteiger charge is 2.10. The van der Waals surface area contributed by atoms with Crippen molar-refractivity contribution < 1.29 is 4.39 Å². The monoisotopic (exact) mass is 141 g/mol. The van der Waals surface area contributed by atoms with E-state index in [1.165, 1.54) is 0 Å². The number of hydrogen-bond donors (Lipinski definition) is 1. The van der Waals surface area contributed by atoms with Crippen LogP contribution in [-0.4, -0.2) is 6.54 Å². The van der Waals surface area contributed by atoms with Crippen molar-refractivity contribution in [3.63, 3.8) is 0 Å². The standard InChI is InChI=1S/C8H12FN/c1-6-3-2-4-7(5-10)8(6)9/h4H,2-3,5,10H2,1H3. The second kappa shape index (κ2) is 2.97. The van der Waals surface area contributed by atoms with Gasteiger partial charge in [-0.05, 0) is 30.9 Å². The highest BCUT2D eigenvalue weighted by atomic mass is 19.1. The number of rotatable bonds is 1. The minimum Gasteiger partial charge on any atom is -0.326 e. The molecule has 0 aliphatic heterocycles. The van der Waals surface area contributed by atoms with Gasteiger partial charge in [-0.15, -0.1) is 0 Å². The predicted molar refractivity (Wildman–Crippen MR) is 40.2 cm³/mol. The summed E-state index contributed by atoms with van der Waals surface area (Å²) in [5.74, 6) is -0.0891. The molecule has 0 saturated carbocycles. The third kappa shape index (κ3) is 1.27. The molecular weight excluding hydrogens is 129 g/mol. The van der Waals surface area contributed by atoms with Crippen LogP contribution < -0.4 is 5.73 Å². The summed E-state index contributed by atoms with van der Waals surface area (Å²) in [6.45, 7) is 2.14. The number of allylic oxidation sites excluding steroid dienone is 2. The van der Waals surface area contributed by atoms with Crippen LogP contribution in [0.2, 0.25) is 0 Å². The van der Waals surface area contributed by atoms with Gasteiger partial charge in [-0.25, -0.2) is 4.39 Å². The third-order valence-corrected chi connectivity index (χ3v) is 1.79. The average molecular weight is 141 g/mol. The molecule has 0 aromatic rings. The van der Waals surface area contributed by atoms with Gasteiger partial charge in [0.25, 0.3) is 0 Å². The molecule has 0 spiro atoms. The normalized spacial score (nSPS) is 19.3. The van der Waals surface area contributed by atoms with Gasteiger partial charge in [0.1, 0.15) is 5.83 Å². The van der Waals surface area contributed by atoms with Crippen LogP contribution in [0.25, 0.3) is 0 Å². The van der Waals surface area contributed by atoms with Gasteiger partial charge in [-0.1, -0.05) is 6.08 Å². The molecule has 1 aliphatic rings. The van der Waals surface area contributed by atoms with E-state index in [-0.39, 0.29) is 5.83 Å². The maximum Gasteiger partial charge on any atom is 0.126 e. The van der Waals surface area contributed by atoms with Crippen molar-refractivity contribution in [3.05, 3.63) is 23.0 Å². The molecule has 1 aliphatic carbocycles. The zero-order valence-corrected chi connectivity index (χ0v) is 6.15. The summed E-state index contributed by atoms with van der Waals surface area (Å²) >= 11 is 0. The van der Waals surface area contributed by atoms with E-state index < -0.39 is 0 Å². The second-order valence-corrected chi connectivity index (χ2v) is 2.57. The van der Waals surface area contributed by atoms with Crippen LogP contribution in [0.4, 0.5) is 4.39 Å². The Hall–Kier alpha value is -0.630. The van der Waals surface area contributed by atoms with Crippen LogP contribution in [0, 0.1) is 0 Å². The average Bonchev–Trinajstić information content (AvgIpc) is 1.95. The van der Waals surface area contributed by atoms with E-state index in [0.29, 0.717) is 12.1 Å². The Labute approximate surface area is 60.4 Å². The van der Waals surface area contributed by atoms with E-state index in [9.17, 15) is 4.39 Å². The molecule has 0 saturated heterocycles. The van der Waals surface area contributed by atoms with Crippen molar-refractivity contribution >= 4 is 0 Å². The van der Waals surface area contributed by atoms with Crippen molar-refractivity contribution in [2.45, 2.75) is 19.8 Å². The van der Waals surface area contributed by atoms with Crippen molar-refractivity contribution in [3.8, 4) is 0 Å². The fraction of sp³-hybridized carbons (Fsp3) is 0.500. The molecule has 0 aromatic carbocycles. The summed E-state index contributed by atoms with van der Waals surface area (Å²) in [5, 5.41) is 0. The first kappa shape index (κ1) is 7.48. The van der Waals surface area contributed by atoms with Gasteiger partial charge in [0, 0.05) is 6.54 Å². The van der Waals surface area contributed by atoms with Crippen molar-refractivity contribution in [2.24, 2.45) is 5.73 Å². The Morgan fingerprint density at radius 3 is 2.90 bits per heavy atom. The van der Waals surface area contributed by atoms with E-state index in [0.717, 1.165) is 18.4 Å². The minimum atomic E-state index is -0.0891. The minimum absolute atomic E-state index is 0.0891. The maximum atomic E-state index is 13.0. The number of halogens is 1. The van der Waals surface area contributed by atoms with Crippen LogP contribution in [0.5, 0.6) is 0 Å². The smallest absolute Gasteiger partial charge is 0.126 e. The van der Waals surface area contributed by atoms with Gasteiger partial charge >= 0.3 is 0 Å². The SMILES string of the molecule is CC1=C(F)C(CN)=CCC1. The Kier molecular flexibility index (Phi) is 2.22. The van der Waals surface area contributed by atoms with Crippen LogP contribution in [0.1, 0.15) is 19.8 Å². The molecule has 1 nitrogen and oxygen atoms in total. The highest BCUT2D eigenvalue weighted by Crippen LogP contribution is 2.24. The largest absolute Gasteiger partial charge is 0.326 e. The Balaban J connectivity index is 2.83. The quantitative estimate of drug-likeness (QED) is 0.593. The summed E-state index contributed by atoms with van der Waals surface area (Å²) in [6.07, 6.45) is 3.66. The van der Waals surface area contributed by atoms with E-state index in [4.69, 9.17) is 5.73 Å². The molecule has 0 heterocycles. The zero-order valence-electron chi connectivity index (χ0n) is 6.15. The second-order valence-electron chi connectivity index (χ2n) is 2.57. The summed E-state index contributed by atoms with van der Waals surface area (Å²) in [7, 11) is 0. The lowest BCUT2D eigenvalue weighted by Gasteiger charge is -2.11. The van der Waals surface area contributed by atoms with Crippen LogP contribution in [0.15, 0.2) is 23.0 Å². The molecule has 0 atom stereocenters. The summed E-state index contributed by atoms with van der Waals surface area (Å²) in [4.78, 5) is 0. The van der Waals surface area contributed by atoms with Gasteiger partial charge < -0.3 is 5.73 Å². The Bertz CT molecular complexity index is 191. The Morgan fingerprint density at radius 2 is 2.40 bits per heavy atom. The van der Waals surface area contributed by atoms with Gasteiger partial charge in [0.05, 0.1) is 0 Å². The molecule has 0 bridgehead atoms. The summed E-state index contributed by atoms with van der Waals surface area (Å²) < 4.78 is 13.0. The zero-order chi connectivity index (χ0) is 7.56. The van der Waals surface area contributed by atoms with E-state index in [2.05, 4.69) is 0 Å². The highest BCUT2D eigenvalue weighted by molar-refractivity contribution is 5.33. The third-order valence-electron chi connectivity index (χ3n) is 1.79. The lowest BCUT2D eigenvalue weighted by Crippen LogP contribution is -2.07. The molecule has 2 N–H and O–H groups in total. The Morgan fingerprint density at radius 1 is 1.70 bits per heavy atom. The van der Waals surface area contributed by atoms with Gasteiger partial charge in [0.2, 0.25) is 0 Å². The lowest BCUT2D eigenvalue weighted by molar-refractivity contribution is 0.614. The van der Waals surface area contributed by atoms with Crippen LogP contribution in [0.3, 0.4) is 0 Å². The van der Waals surface area contributed by atoms with E-state index in [1.54, 1.807) is 0 Å². The molecule has 56 valence electrons.